The van der Waals surface area contributed by atoms with Crippen LogP contribution in [0.2, 0.25) is 0 Å². The predicted molar refractivity (Wildman–Crippen MR) is 67.6 cm³/mol. The fourth-order valence-corrected chi connectivity index (χ4v) is 1.98. The van der Waals surface area contributed by atoms with Gasteiger partial charge in [-0.15, -0.1) is 0 Å². The third kappa shape index (κ3) is 3.19. The normalized spacial score (nSPS) is 15.4. The monoisotopic (exact) mass is 271 g/mol. The van der Waals surface area contributed by atoms with Gasteiger partial charge in [0.2, 0.25) is 0 Å². The molecule has 1 aliphatic heterocycles. The Kier molecular flexibility index (Phi) is 4.29. The Morgan fingerprint density at radius 2 is 2.05 bits per heavy atom. The minimum Gasteiger partial charge on any atom is -0.356 e. The lowest BCUT2D eigenvalue weighted by atomic mass is 10.1. The van der Waals surface area contributed by atoms with Gasteiger partial charge in [-0.2, -0.15) is 0 Å². The van der Waals surface area contributed by atoms with Crippen LogP contribution in [0.25, 0.3) is 0 Å². The Balaban J connectivity index is 1.93. The van der Waals surface area contributed by atoms with Crippen molar-refractivity contribution in [2.75, 3.05) is 26.7 Å². The van der Waals surface area contributed by atoms with E-state index in [1.807, 2.05) is 11.9 Å². The Morgan fingerprint density at radius 1 is 1.26 bits per heavy atom. The molecular formula is C13H16F3N3. The summed E-state index contributed by atoms with van der Waals surface area (Å²) in [5.41, 5.74) is 0.158. The molecule has 0 amide bonds. The molecule has 1 aliphatic rings. The number of guanidine groups is 1. The molecule has 6 heteroatoms. The summed E-state index contributed by atoms with van der Waals surface area (Å²) in [4.78, 5) is 6.28. The summed E-state index contributed by atoms with van der Waals surface area (Å²) >= 11 is 0. The van der Waals surface area contributed by atoms with Crippen LogP contribution in [0.3, 0.4) is 0 Å². The highest BCUT2D eigenvalue weighted by Gasteiger charge is 2.14. The summed E-state index contributed by atoms with van der Waals surface area (Å²) < 4.78 is 39.2. The first-order valence-electron chi connectivity index (χ1n) is 6.21. The van der Waals surface area contributed by atoms with Crippen molar-refractivity contribution in [2.45, 2.75) is 12.8 Å². The number of nitrogens with one attached hydrogen (secondary N) is 1. The van der Waals surface area contributed by atoms with Crippen LogP contribution >= 0.6 is 0 Å². The maximum atomic E-state index is 13.4. The zero-order valence-electron chi connectivity index (χ0n) is 10.7. The highest BCUT2D eigenvalue weighted by Crippen LogP contribution is 2.15. The molecule has 1 aromatic carbocycles. The molecular weight excluding hydrogens is 255 g/mol. The summed E-state index contributed by atoms with van der Waals surface area (Å²) in [5, 5.41) is 3.07. The maximum Gasteiger partial charge on any atom is 0.194 e. The fraction of sp³-hybridized carbons (Fsp3) is 0.462. The summed E-state index contributed by atoms with van der Waals surface area (Å²) in [7, 11) is 1.92. The van der Waals surface area contributed by atoms with Crippen LogP contribution in [0.15, 0.2) is 17.1 Å². The number of rotatable bonds is 3. The molecule has 0 bridgehead atoms. The molecule has 0 atom stereocenters. The average Bonchev–Trinajstić information content (AvgIpc) is 2.41. The zero-order valence-corrected chi connectivity index (χ0v) is 10.7. The van der Waals surface area contributed by atoms with Crippen molar-refractivity contribution in [2.24, 2.45) is 4.99 Å². The quantitative estimate of drug-likeness (QED) is 0.851. The molecule has 19 heavy (non-hydrogen) atoms. The molecule has 104 valence electrons. The Hall–Kier alpha value is -1.72. The Labute approximate surface area is 110 Å². The van der Waals surface area contributed by atoms with Crippen LogP contribution in [-0.4, -0.2) is 37.5 Å². The second-order valence-corrected chi connectivity index (χ2v) is 4.49. The van der Waals surface area contributed by atoms with Crippen LogP contribution in [-0.2, 0) is 6.42 Å². The van der Waals surface area contributed by atoms with Crippen molar-refractivity contribution >= 4 is 5.96 Å². The second-order valence-electron chi connectivity index (χ2n) is 4.49. The van der Waals surface area contributed by atoms with E-state index in [2.05, 4.69) is 10.3 Å². The predicted octanol–water partition coefficient (Wildman–Crippen LogP) is 1.93. The highest BCUT2D eigenvalue weighted by molar-refractivity contribution is 5.80. The van der Waals surface area contributed by atoms with E-state index in [-0.39, 0.29) is 12.0 Å². The van der Waals surface area contributed by atoms with Crippen LogP contribution in [0, 0.1) is 17.5 Å². The number of nitrogens with zero attached hydrogens (tertiary/aromatic N) is 2. The Morgan fingerprint density at radius 3 is 2.79 bits per heavy atom. The third-order valence-corrected chi connectivity index (χ3v) is 3.07. The lowest BCUT2D eigenvalue weighted by molar-refractivity contribution is 0.437. The van der Waals surface area contributed by atoms with Gasteiger partial charge in [-0.3, -0.25) is 4.99 Å². The third-order valence-electron chi connectivity index (χ3n) is 3.07. The number of aliphatic imine (C=N–C) groups is 1. The first-order chi connectivity index (χ1) is 9.09. The number of benzene rings is 1. The van der Waals surface area contributed by atoms with Gasteiger partial charge in [0.15, 0.2) is 23.4 Å². The molecule has 1 heterocycles. The summed E-state index contributed by atoms with van der Waals surface area (Å²) in [6, 6.07) is 2.21. The molecule has 0 unspecified atom stereocenters. The molecule has 0 saturated carbocycles. The SMILES string of the molecule is CN1CCCN=C1NCCc1ccc(F)c(F)c1F. The molecule has 0 radical (unpaired) electrons. The lowest BCUT2D eigenvalue weighted by Gasteiger charge is -2.25. The molecule has 0 fully saturated rings. The highest BCUT2D eigenvalue weighted by atomic mass is 19.2. The molecule has 2 rings (SSSR count). The van der Waals surface area contributed by atoms with Gasteiger partial charge in [0.1, 0.15) is 0 Å². The van der Waals surface area contributed by atoms with Crippen LogP contribution in [0.1, 0.15) is 12.0 Å². The van der Waals surface area contributed by atoms with E-state index in [9.17, 15) is 13.2 Å². The van der Waals surface area contributed by atoms with Gasteiger partial charge >= 0.3 is 0 Å². The average molecular weight is 271 g/mol. The Bertz CT molecular complexity index is 488. The summed E-state index contributed by atoms with van der Waals surface area (Å²) in [6.45, 7) is 2.11. The van der Waals surface area contributed by atoms with Gasteiger partial charge in [0.05, 0.1) is 0 Å². The number of hydrogen-bond acceptors (Lipinski definition) is 3. The van der Waals surface area contributed by atoms with E-state index in [1.54, 1.807) is 0 Å². The van der Waals surface area contributed by atoms with Gasteiger partial charge in [-0.1, -0.05) is 6.07 Å². The number of hydrogen-bond donors (Lipinski definition) is 1. The van der Waals surface area contributed by atoms with Gasteiger partial charge in [-0.05, 0) is 24.5 Å². The summed E-state index contributed by atoms with van der Waals surface area (Å²) in [6.07, 6.45) is 1.29. The molecule has 0 saturated heterocycles. The molecule has 3 nitrogen and oxygen atoms in total. The van der Waals surface area contributed by atoms with Crippen molar-refractivity contribution in [1.82, 2.24) is 10.2 Å². The number of halogens is 3. The van der Waals surface area contributed by atoms with Crippen LogP contribution in [0.4, 0.5) is 13.2 Å². The van der Waals surface area contributed by atoms with E-state index < -0.39 is 17.5 Å². The van der Waals surface area contributed by atoms with Crippen LogP contribution < -0.4 is 5.32 Å². The van der Waals surface area contributed by atoms with E-state index in [1.165, 1.54) is 6.07 Å². The topological polar surface area (TPSA) is 27.6 Å². The molecule has 0 spiro atoms. The van der Waals surface area contributed by atoms with Gasteiger partial charge < -0.3 is 10.2 Å². The molecule has 0 aliphatic carbocycles. The van der Waals surface area contributed by atoms with Crippen molar-refractivity contribution in [3.8, 4) is 0 Å². The smallest absolute Gasteiger partial charge is 0.194 e. The molecule has 1 N–H and O–H groups in total. The first kappa shape index (κ1) is 13.7. The minimum absolute atomic E-state index is 0.158. The van der Waals surface area contributed by atoms with E-state index in [4.69, 9.17) is 0 Å². The van der Waals surface area contributed by atoms with Crippen molar-refractivity contribution < 1.29 is 13.2 Å². The van der Waals surface area contributed by atoms with E-state index >= 15 is 0 Å². The van der Waals surface area contributed by atoms with Crippen molar-refractivity contribution in [3.63, 3.8) is 0 Å². The van der Waals surface area contributed by atoms with Crippen molar-refractivity contribution in [1.29, 1.82) is 0 Å². The maximum absolute atomic E-state index is 13.4. The standard InChI is InChI=1S/C13H16F3N3/c1-19-8-2-6-17-13(19)18-7-5-9-3-4-10(14)12(16)11(9)15/h3-4H,2,5-8H2,1H3,(H,17,18). The fourth-order valence-electron chi connectivity index (χ4n) is 1.98. The minimum atomic E-state index is -1.41. The van der Waals surface area contributed by atoms with Gasteiger partial charge in [0, 0.05) is 26.7 Å². The van der Waals surface area contributed by atoms with Crippen molar-refractivity contribution in [3.05, 3.63) is 35.1 Å². The lowest BCUT2D eigenvalue weighted by Crippen LogP contribution is -2.42. The largest absolute Gasteiger partial charge is 0.356 e. The first-order valence-corrected chi connectivity index (χ1v) is 6.21. The van der Waals surface area contributed by atoms with E-state index in [0.717, 1.165) is 31.5 Å². The second kappa shape index (κ2) is 5.95. The van der Waals surface area contributed by atoms with Crippen LogP contribution in [0.5, 0.6) is 0 Å². The van der Waals surface area contributed by atoms with Gasteiger partial charge in [-0.25, -0.2) is 13.2 Å². The summed E-state index contributed by atoms with van der Waals surface area (Å²) in [5.74, 6) is -2.93. The zero-order chi connectivity index (χ0) is 13.8. The molecule has 0 aromatic heterocycles. The molecule has 1 aromatic rings. The van der Waals surface area contributed by atoms with E-state index in [0.29, 0.717) is 6.54 Å². The van der Waals surface area contributed by atoms with Gasteiger partial charge in [0.25, 0.3) is 0 Å².